The Labute approximate surface area is 138 Å². The average molecular weight is 335 g/mol. The van der Waals surface area contributed by atoms with Gasteiger partial charge in [-0.15, -0.1) is 0 Å². The first-order valence-corrected chi connectivity index (χ1v) is 7.47. The maximum atomic E-state index is 13.0. The van der Waals surface area contributed by atoms with Crippen molar-refractivity contribution in [3.05, 3.63) is 70.5 Å². The lowest BCUT2D eigenvalue weighted by Gasteiger charge is -2.07. The lowest BCUT2D eigenvalue weighted by molar-refractivity contribution is -0.120. The molecule has 2 aromatic carbocycles. The molecular formula is C17H16ClFN2O2. The molecule has 0 saturated heterocycles. The van der Waals surface area contributed by atoms with E-state index in [0.717, 1.165) is 11.6 Å². The van der Waals surface area contributed by atoms with Crippen LogP contribution in [0.4, 0.5) is 4.39 Å². The molecule has 0 atom stereocenters. The summed E-state index contributed by atoms with van der Waals surface area (Å²) in [7, 11) is 0. The van der Waals surface area contributed by atoms with Crippen LogP contribution in [0, 0.1) is 5.82 Å². The molecule has 4 nitrogen and oxygen atoms in total. The highest BCUT2D eigenvalue weighted by Crippen LogP contribution is 2.10. The number of amides is 2. The zero-order valence-corrected chi connectivity index (χ0v) is 13.1. The Morgan fingerprint density at radius 3 is 2.57 bits per heavy atom. The Bertz CT molecular complexity index is 706. The highest BCUT2D eigenvalue weighted by molar-refractivity contribution is 6.30. The van der Waals surface area contributed by atoms with E-state index in [4.69, 9.17) is 11.6 Å². The summed E-state index contributed by atoms with van der Waals surface area (Å²) in [5.74, 6) is -1.30. The standard InChI is InChI=1S/C17H16ClFN2O2/c18-14-5-1-3-12(9-14)7-8-20-16(22)11-21-17(23)13-4-2-6-15(19)10-13/h1-6,9-10H,7-8,11H2,(H,20,22)(H,21,23). The predicted molar refractivity (Wildman–Crippen MR) is 86.9 cm³/mol. The third kappa shape index (κ3) is 5.71. The van der Waals surface area contributed by atoms with Crippen LogP contribution in [0.1, 0.15) is 15.9 Å². The second-order valence-electron chi connectivity index (χ2n) is 4.92. The second-order valence-corrected chi connectivity index (χ2v) is 5.36. The molecule has 0 aliphatic heterocycles. The molecule has 0 aromatic heterocycles. The van der Waals surface area contributed by atoms with E-state index in [2.05, 4.69) is 10.6 Å². The molecule has 0 unspecified atom stereocenters. The number of hydrogen-bond donors (Lipinski definition) is 2. The Kier molecular flexibility index (Phi) is 6.11. The number of carbonyl (C=O) groups excluding carboxylic acids is 2. The molecule has 2 rings (SSSR count). The van der Waals surface area contributed by atoms with E-state index in [0.29, 0.717) is 18.0 Å². The van der Waals surface area contributed by atoms with E-state index in [1.165, 1.54) is 18.2 Å². The van der Waals surface area contributed by atoms with Crippen LogP contribution >= 0.6 is 11.6 Å². The van der Waals surface area contributed by atoms with E-state index >= 15 is 0 Å². The molecule has 2 amide bonds. The van der Waals surface area contributed by atoms with Gasteiger partial charge in [0.2, 0.25) is 5.91 Å². The van der Waals surface area contributed by atoms with Crippen molar-refractivity contribution in [3.63, 3.8) is 0 Å². The minimum atomic E-state index is -0.497. The lowest BCUT2D eigenvalue weighted by atomic mass is 10.1. The molecular weight excluding hydrogens is 319 g/mol. The Morgan fingerprint density at radius 2 is 1.83 bits per heavy atom. The first-order valence-electron chi connectivity index (χ1n) is 7.09. The van der Waals surface area contributed by atoms with Crippen molar-refractivity contribution < 1.29 is 14.0 Å². The Morgan fingerprint density at radius 1 is 1.04 bits per heavy atom. The van der Waals surface area contributed by atoms with Crippen LogP contribution < -0.4 is 10.6 Å². The van der Waals surface area contributed by atoms with Crippen LogP contribution in [0.3, 0.4) is 0 Å². The SMILES string of the molecule is O=C(CNC(=O)c1cccc(F)c1)NCCc1cccc(Cl)c1. The summed E-state index contributed by atoms with van der Waals surface area (Å²) >= 11 is 5.88. The van der Waals surface area contributed by atoms with Crippen LogP contribution in [0.5, 0.6) is 0 Å². The van der Waals surface area contributed by atoms with Crippen molar-refractivity contribution in [1.82, 2.24) is 10.6 Å². The fourth-order valence-electron chi connectivity index (χ4n) is 1.99. The normalized spacial score (nSPS) is 10.2. The molecule has 120 valence electrons. The van der Waals surface area contributed by atoms with E-state index in [9.17, 15) is 14.0 Å². The van der Waals surface area contributed by atoms with Gasteiger partial charge in [0.05, 0.1) is 6.54 Å². The zero-order chi connectivity index (χ0) is 16.7. The zero-order valence-electron chi connectivity index (χ0n) is 12.3. The maximum absolute atomic E-state index is 13.0. The van der Waals surface area contributed by atoms with Gasteiger partial charge in [-0.05, 0) is 42.3 Å². The summed E-state index contributed by atoms with van der Waals surface area (Å²) in [5.41, 5.74) is 1.19. The number of halogens is 2. The van der Waals surface area contributed by atoms with Crippen LogP contribution in [0.15, 0.2) is 48.5 Å². The van der Waals surface area contributed by atoms with Crippen LogP contribution in [-0.2, 0) is 11.2 Å². The van der Waals surface area contributed by atoms with Gasteiger partial charge in [-0.3, -0.25) is 9.59 Å². The van der Waals surface area contributed by atoms with Gasteiger partial charge in [0.1, 0.15) is 5.82 Å². The molecule has 0 heterocycles. The van der Waals surface area contributed by atoms with Gasteiger partial charge in [-0.1, -0.05) is 29.8 Å². The van der Waals surface area contributed by atoms with Crippen molar-refractivity contribution >= 4 is 23.4 Å². The van der Waals surface area contributed by atoms with Gasteiger partial charge >= 0.3 is 0 Å². The minimum Gasteiger partial charge on any atom is -0.354 e. The van der Waals surface area contributed by atoms with Gasteiger partial charge in [0.25, 0.3) is 5.91 Å². The van der Waals surface area contributed by atoms with Crippen LogP contribution in [-0.4, -0.2) is 24.9 Å². The minimum absolute atomic E-state index is 0.162. The van der Waals surface area contributed by atoms with Gasteiger partial charge in [0.15, 0.2) is 0 Å². The van der Waals surface area contributed by atoms with E-state index < -0.39 is 11.7 Å². The molecule has 6 heteroatoms. The molecule has 0 bridgehead atoms. The highest BCUT2D eigenvalue weighted by atomic mass is 35.5. The van der Waals surface area contributed by atoms with Crippen molar-refractivity contribution in [2.24, 2.45) is 0 Å². The molecule has 0 fully saturated rings. The Hall–Kier alpha value is -2.40. The summed E-state index contributed by atoms with van der Waals surface area (Å²) in [6, 6.07) is 12.7. The second kappa shape index (κ2) is 8.29. The summed E-state index contributed by atoms with van der Waals surface area (Å²) in [4.78, 5) is 23.4. The summed E-state index contributed by atoms with van der Waals surface area (Å²) < 4.78 is 13.0. The largest absolute Gasteiger partial charge is 0.354 e. The van der Waals surface area contributed by atoms with Crippen molar-refractivity contribution in [3.8, 4) is 0 Å². The molecule has 2 aromatic rings. The molecule has 2 N–H and O–H groups in total. The molecule has 0 aliphatic rings. The molecule has 0 radical (unpaired) electrons. The summed E-state index contributed by atoms with van der Waals surface area (Å²) in [5, 5.41) is 5.79. The molecule has 0 aliphatic carbocycles. The quantitative estimate of drug-likeness (QED) is 0.853. The predicted octanol–water partition coefficient (Wildman–Crippen LogP) is 2.57. The lowest BCUT2D eigenvalue weighted by Crippen LogP contribution is -2.37. The van der Waals surface area contributed by atoms with Crippen molar-refractivity contribution in [1.29, 1.82) is 0 Å². The summed E-state index contributed by atoms with van der Waals surface area (Å²) in [6.45, 7) is 0.278. The number of carbonyl (C=O) groups is 2. The van der Waals surface area contributed by atoms with E-state index in [1.54, 1.807) is 6.07 Å². The number of hydrogen-bond acceptors (Lipinski definition) is 2. The number of rotatable bonds is 6. The fraction of sp³-hybridized carbons (Fsp3) is 0.176. The van der Waals surface area contributed by atoms with Crippen molar-refractivity contribution in [2.75, 3.05) is 13.1 Å². The van der Waals surface area contributed by atoms with Crippen LogP contribution in [0.25, 0.3) is 0 Å². The Balaban J connectivity index is 1.72. The molecule has 0 spiro atoms. The average Bonchev–Trinajstić information content (AvgIpc) is 2.52. The first-order chi connectivity index (χ1) is 11.0. The molecule has 23 heavy (non-hydrogen) atoms. The van der Waals surface area contributed by atoms with Crippen LogP contribution in [0.2, 0.25) is 5.02 Å². The van der Waals surface area contributed by atoms with E-state index in [-0.39, 0.29) is 18.0 Å². The summed E-state index contributed by atoms with van der Waals surface area (Å²) in [6.07, 6.45) is 0.643. The van der Waals surface area contributed by atoms with Crippen molar-refractivity contribution in [2.45, 2.75) is 6.42 Å². The van der Waals surface area contributed by atoms with Gasteiger partial charge in [-0.2, -0.15) is 0 Å². The first kappa shape index (κ1) is 17.0. The maximum Gasteiger partial charge on any atom is 0.251 e. The smallest absolute Gasteiger partial charge is 0.251 e. The van der Waals surface area contributed by atoms with E-state index in [1.807, 2.05) is 18.2 Å². The molecule has 0 saturated carbocycles. The monoisotopic (exact) mass is 334 g/mol. The van der Waals surface area contributed by atoms with Gasteiger partial charge in [-0.25, -0.2) is 4.39 Å². The van der Waals surface area contributed by atoms with Gasteiger partial charge < -0.3 is 10.6 Å². The number of benzene rings is 2. The highest BCUT2D eigenvalue weighted by Gasteiger charge is 2.08. The van der Waals surface area contributed by atoms with Gasteiger partial charge in [0, 0.05) is 17.1 Å². The topological polar surface area (TPSA) is 58.2 Å². The fourth-order valence-corrected chi connectivity index (χ4v) is 2.21. The third-order valence-electron chi connectivity index (χ3n) is 3.12. The third-order valence-corrected chi connectivity index (χ3v) is 3.36. The number of nitrogens with one attached hydrogen (secondary N) is 2.